The van der Waals surface area contributed by atoms with E-state index in [9.17, 15) is 4.79 Å². The number of piperidine rings is 1. The summed E-state index contributed by atoms with van der Waals surface area (Å²) < 4.78 is 0. The molecule has 2 rings (SSSR count). The van der Waals surface area contributed by atoms with Crippen LogP contribution < -0.4 is 5.32 Å². The van der Waals surface area contributed by atoms with Crippen molar-refractivity contribution in [2.45, 2.75) is 37.5 Å². The second kappa shape index (κ2) is 4.74. The van der Waals surface area contributed by atoms with E-state index in [0.29, 0.717) is 12.3 Å². The van der Waals surface area contributed by atoms with Gasteiger partial charge >= 0.3 is 0 Å². The highest BCUT2D eigenvalue weighted by molar-refractivity contribution is 8.00. The van der Waals surface area contributed by atoms with Crippen LogP contribution in [0.2, 0.25) is 0 Å². The minimum atomic E-state index is 0.102. The van der Waals surface area contributed by atoms with Gasteiger partial charge in [-0.3, -0.25) is 4.79 Å². The largest absolute Gasteiger partial charge is 0.326 e. The number of carbonyl (C=O) groups excluding carboxylic acids is 1. The lowest BCUT2D eigenvalue weighted by Crippen LogP contribution is -2.54. The van der Waals surface area contributed by atoms with Crippen LogP contribution in [0, 0.1) is 0 Å². The molecule has 0 aromatic heterocycles. The highest BCUT2D eigenvalue weighted by Gasteiger charge is 2.44. The molecule has 1 amide bonds. The van der Waals surface area contributed by atoms with Crippen LogP contribution in [-0.4, -0.2) is 41.1 Å². The zero-order valence-electron chi connectivity index (χ0n) is 9.42. The Morgan fingerprint density at radius 1 is 1.60 bits per heavy atom. The maximum absolute atomic E-state index is 12.0. The minimum Gasteiger partial charge on any atom is -0.326 e. The normalized spacial score (nSPS) is 31.1. The van der Waals surface area contributed by atoms with E-state index in [1.807, 2.05) is 11.8 Å². The summed E-state index contributed by atoms with van der Waals surface area (Å²) in [4.78, 5) is 14.2. The maximum Gasteiger partial charge on any atom is 0.223 e. The molecule has 2 saturated heterocycles. The summed E-state index contributed by atoms with van der Waals surface area (Å²) in [5.74, 6) is 1.46. The third kappa shape index (κ3) is 2.16. The molecule has 2 aliphatic rings. The Morgan fingerprint density at radius 2 is 2.47 bits per heavy atom. The fourth-order valence-corrected chi connectivity index (χ4v) is 4.02. The van der Waals surface area contributed by atoms with Crippen LogP contribution in [0.4, 0.5) is 0 Å². The Labute approximate surface area is 96.0 Å². The first-order valence-corrected chi connectivity index (χ1v) is 6.92. The van der Waals surface area contributed by atoms with E-state index in [-0.39, 0.29) is 4.87 Å². The van der Waals surface area contributed by atoms with Gasteiger partial charge in [0.15, 0.2) is 0 Å². The van der Waals surface area contributed by atoms with Crippen molar-refractivity contribution in [1.82, 2.24) is 10.2 Å². The van der Waals surface area contributed by atoms with E-state index in [0.717, 1.165) is 31.8 Å². The maximum atomic E-state index is 12.0. The summed E-state index contributed by atoms with van der Waals surface area (Å²) in [7, 11) is 0. The van der Waals surface area contributed by atoms with Crippen molar-refractivity contribution >= 4 is 17.7 Å². The van der Waals surface area contributed by atoms with Gasteiger partial charge in [-0.05, 0) is 25.8 Å². The van der Waals surface area contributed by atoms with Gasteiger partial charge in [-0.1, -0.05) is 6.92 Å². The minimum absolute atomic E-state index is 0.102. The van der Waals surface area contributed by atoms with Crippen LogP contribution in [0.3, 0.4) is 0 Å². The molecule has 1 unspecified atom stereocenters. The van der Waals surface area contributed by atoms with Crippen LogP contribution >= 0.6 is 11.8 Å². The van der Waals surface area contributed by atoms with Gasteiger partial charge in [0.25, 0.3) is 0 Å². The summed E-state index contributed by atoms with van der Waals surface area (Å²) >= 11 is 1.97. The summed E-state index contributed by atoms with van der Waals surface area (Å²) in [5, 5.41) is 3.43. The topological polar surface area (TPSA) is 32.3 Å². The standard InChI is InChI=1S/C11H20N2OS/c1-2-4-10(14)13-7-8-15-11(13)5-3-6-12-9-11/h12H,2-9H2,1H3. The molecule has 1 spiro atoms. The van der Waals surface area contributed by atoms with Crippen molar-refractivity contribution in [3.05, 3.63) is 0 Å². The van der Waals surface area contributed by atoms with Crippen LogP contribution in [-0.2, 0) is 4.79 Å². The van der Waals surface area contributed by atoms with Gasteiger partial charge < -0.3 is 10.2 Å². The zero-order valence-corrected chi connectivity index (χ0v) is 10.2. The summed E-state index contributed by atoms with van der Waals surface area (Å²) in [5.41, 5.74) is 0. The van der Waals surface area contributed by atoms with Gasteiger partial charge in [0.2, 0.25) is 5.91 Å². The van der Waals surface area contributed by atoms with Crippen molar-refractivity contribution in [3.63, 3.8) is 0 Å². The monoisotopic (exact) mass is 228 g/mol. The molecule has 2 aliphatic heterocycles. The van der Waals surface area contributed by atoms with Crippen LogP contribution in [0.1, 0.15) is 32.6 Å². The number of rotatable bonds is 2. The van der Waals surface area contributed by atoms with Crippen molar-refractivity contribution in [1.29, 1.82) is 0 Å². The number of hydrogen-bond donors (Lipinski definition) is 1. The van der Waals surface area contributed by atoms with Crippen LogP contribution in [0.5, 0.6) is 0 Å². The molecule has 0 aromatic carbocycles. The molecule has 0 aromatic rings. The molecule has 1 N–H and O–H groups in total. The van der Waals surface area contributed by atoms with E-state index >= 15 is 0 Å². The fraction of sp³-hybridized carbons (Fsp3) is 0.909. The smallest absolute Gasteiger partial charge is 0.223 e. The number of carbonyl (C=O) groups is 1. The second-order valence-corrected chi connectivity index (χ2v) is 5.83. The molecular weight excluding hydrogens is 208 g/mol. The van der Waals surface area contributed by atoms with Crippen molar-refractivity contribution < 1.29 is 4.79 Å². The molecule has 15 heavy (non-hydrogen) atoms. The van der Waals surface area contributed by atoms with E-state index < -0.39 is 0 Å². The van der Waals surface area contributed by atoms with Crippen molar-refractivity contribution in [2.75, 3.05) is 25.4 Å². The summed E-state index contributed by atoms with van der Waals surface area (Å²) in [6.45, 7) is 5.11. The molecule has 1 atom stereocenters. The average Bonchev–Trinajstić information content (AvgIpc) is 2.63. The number of thioether (sulfide) groups is 1. The predicted octanol–water partition coefficient (Wildman–Crippen LogP) is 1.44. The Bertz CT molecular complexity index is 239. The van der Waals surface area contributed by atoms with Crippen LogP contribution in [0.25, 0.3) is 0 Å². The third-order valence-electron chi connectivity index (χ3n) is 3.26. The summed E-state index contributed by atoms with van der Waals surface area (Å²) in [6, 6.07) is 0. The van der Waals surface area contributed by atoms with Gasteiger partial charge in [0.1, 0.15) is 4.87 Å². The highest BCUT2D eigenvalue weighted by atomic mass is 32.2. The first kappa shape index (κ1) is 11.3. The first-order valence-electron chi connectivity index (χ1n) is 5.94. The van der Waals surface area contributed by atoms with Gasteiger partial charge in [0, 0.05) is 25.3 Å². The van der Waals surface area contributed by atoms with Gasteiger partial charge in [-0.2, -0.15) is 0 Å². The zero-order chi connectivity index (χ0) is 10.7. The lowest BCUT2D eigenvalue weighted by atomic mass is 10.0. The Hall–Kier alpha value is -0.220. The highest BCUT2D eigenvalue weighted by Crippen LogP contribution is 2.40. The van der Waals surface area contributed by atoms with Gasteiger partial charge in [-0.15, -0.1) is 11.8 Å². The first-order chi connectivity index (χ1) is 7.28. The fourth-order valence-electron chi connectivity index (χ4n) is 2.52. The average molecular weight is 228 g/mol. The van der Waals surface area contributed by atoms with Crippen LogP contribution in [0.15, 0.2) is 0 Å². The molecule has 2 fully saturated rings. The molecule has 0 bridgehead atoms. The van der Waals surface area contributed by atoms with Gasteiger partial charge in [-0.25, -0.2) is 0 Å². The molecule has 3 nitrogen and oxygen atoms in total. The van der Waals surface area contributed by atoms with E-state index in [2.05, 4.69) is 17.1 Å². The number of nitrogens with zero attached hydrogens (tertiary/aromatic N) is 1. The Kier molecular flexibility index (Phi) is 3.57. The molecule has 86 valence electrons. The third-order valence-corrected chi connectivity index (χ3v) is 4.76. The van der Waals surface area contributed by atoms with Crippen molar-refractivity contribution in [3.8, 4) is 0 Å². The molecular formula is C11H20N2OS. The number of nitrogens with one attached hydrogen (secondary N) is 1. The number of hydrogen-bond acceptors (Lipinski definition) is 3. The molecule has 0 aliphatic carbocycles. The Morgan fingerprint density at radius 3 is 3.13 bits per heavy atom. The molecule has 2 heterocycles. The molecule has 0 radical (unpaired) electrons. The lowest BCUT2D eigenvalue weighted by molar-refractivity contribution is -0.134. The quantitative estimate of drug-likeness (QED) is 0.776. The molecule has 4 heteroatoms. The second-order valence-electron chi connectivity index (χ2n) is 4.37. The lowest BCUT2D eigenvalue weighted by Gasteiger charge is -2.40. The van der Waals surface area contributed by atoms with E-state index in [1.165, 1.54) is 12.8 Å². The van der Waals surface area contributed by atoms with E-state index in [4.69, 9.17) is 0 Å². The number of amides is 1. The SMILES string of the molecule is CCCC(=O)N1CCSC12CCCNC2. The summed E-state index contributed by atoms with van der Waals surface area (Å²) in [6.07, 6.45) is 4.04. The molecule has 0 saturated carbocycles. The van der Waals surface area contributed by atoms with Gasteiger partial charge in [0.05, 0.1) is 0 Å². The Balaban J connectivity index is 2.06. The van der Waals surface area contributed by atoms with E-state index in [1.54, 1.807) is 0 Å². The predicted molar refractivity (Wildman–Crippen MR) is 63.9 cm³/mol. The van der Waals surface area contributed by atoms with Crippen molar-refractivity contribution in [2.24, 2.45) is 0 Å².